The molecule has 0 aliphatic rings. The van der Waals surface area contributed by atoms with Gasteiger partial charge >= 0.3 is 0 Å². The molecule has 88 valence electrons. The number of hydrogen-bond donors (Lipinski definition) is 2. The summed E-state index contributed by atoms with van der Waals surface area (Å²) in [5, 5.41) is 13.0. The molecule has 0 amide bonds. The summed E-state index contributed by atoms with van der Waals surface area (Å²) < 4.78 is 0. The van der Waals surface area contributed by atoms with Crippen LogP contribution in [0.1, 0.15) is 16.7 Å². The average Bonchev–Trinajstić information content (AvgIpc) is 2.35. The Morgan fingerprint density at radius 3 is 2.88 bits per heavy atom. The van der Waals surface area contributed by atoms with Crippen LogP contribution in [-0.4, -0.2) is 10.1 Å². The summed E-state index contributed by atoms with van der Waals surface area (Å²) in [6, 6.07) is 9.57. The van der Waals surface area contributed by atoms with Gasteiger partial charge in [-0.2, -0.15) is 0 Å². The van der Waals surface area contributed by atoms with Gasteiger partial charge in [0, 0.05) is 31.0 Å². The highest BCUT2D eigenvalue weighted by molar-refractivity contribution is 5.35. The molecule has 0 bridgehead atoms. The number of rotatable bonds is 4. The Hall–Kier alpha value is -1.87. The number of nitrogens with zero attached hydrogens (tertiary/aromatic N) is 1. The molecule has 1 aromatic carbocycles. The molecule has 2 N–H and O–H groups in total. The van der Waals surface area contributed by atoms with Crippen LogP contribution < -0.4 is 5.32 Å². The van der Waals surface area contributed by atoms with Gasteiger partial charge in [0.15, 0.2) is 0 Å². The first-order valence-electron chi connectivity index (χ1n) is 5.64. The van der Waals surface area contributed by atoms with Gasteiger partial charge in [-0.1, -0.05) is 23.8 Å². The SMILES string of the molecule is Cc1ccc(O)c(CNCc2cccnc2)c1. The fraction of sp³-hybridized carbons (Fsp3) is 0.214. The van der Waals surface area contributed by atoms with E-state index >= 15 is 0 Å². The zero-order chi connectivity index (χ0) is 12.1. The molecule has 0 fully saturated rings. The lowest BCUT2D eigenvalue weighted by Crippen LogP contribution is -2.12. The number of benzene rings is 1. The number of pyridine rings is 1. The third-order valence-electron chi connectivity index (χ3n) is 2.60. The maximum Gasteiger partial charge on any atom is 0.120 e. The highest BCUT2D eigenvalue weighted by atomic mass is 16.3. The number of nitrogens with one attached hydrogen (secondary N) is 1. The Kier molecular flexibility index (Phi) is 3.73. The highest BCUT2D eigenvalue weighted by Gasteiger charge is 2.00. The molecule has 2 rings (SSSR count). The molecular weight excluding hydrogens is 212 g/mol. The lowest BCUT2D eigenvalue weighted by atomic mass is 10.1. The molecule has 1 aromatic heterocycles. The predicted octanol–water partition coefficient (Wildman–Crippen LogP) is 2.39. The van der Waals surface area contributed by atoms with Crippen molar-refractivity contribution < 1.29 is 5.11 Å². The minimum absolute atomic E-state index is 0.342. The van der Waals surface area contributed by atoms with E-state index in [0.717, 1.165) is 23.2 Å². The van der Waals surface area contributed by atoms with Gasteiger partial charge in [-0.15, -0.1) is 0 Å². The molecule has 17 heavy (non-hydrogen) atoms. The zero-order valence-electron chi connectivity index (χ0n) is 9.85. The van der Waals surface area contributed by atoms with Crippen molar-refractivity contribution in [3.8, 4) is 5.75 Å². The van der Waals surface area contributed by atoms with E-state index in [0.29, 0.717) is 12.3 Å². The summed E-state index contributed by atoms with van der Waals surface area (Å²) in [7, 11) is 0. The lowest BCUT2D eigenvalue weighted by Gasteiger charge is -2.07. The zero-order valence-corrected chi connectivity index (χ0v) is 9.85. The van der Waals surface area contributed by atoms with Crippen LogP contribution in [0.25, 0.3) is 0 Å². The second kappa shape index (κ2) is 5.46. The van der Waals surface area contributed by atoms with Crippen molar-refractivity contribution in [3.05, 3.63) is 59.4 Å². The van der Waals surface area contributed by atoms with Crippen LogP contribution in [-0.2, 0) is 13.1 Å². The van der Waals surface area contributed by atoms with Gasteiger partial charge in [0.25, 0.3) is 0 Å². The van der Waals surface area contributed by atoms with Crippen molar-refractivity contribution in [1.82, 2.24) is 10.3 Å². The van der Waals surface area contributed by atoms with Gasteiger partial charge in [0.1, 0.15) is 5.75 Å². The Balaban J connectivity index is 1.92. The Morgan fingerprint density at radius 2 is 2.12 bits per heavy atom. The molecular formula is C14H16N2O. The van der Waals surface area contributed by atoms with Crippen molar-refractivity contribution in [2.45, 2.75) is 20.0 Å². The first-order chi connectivity index (χ1) is 8.25. The van der Waals surface area contributed by atoms with Crippen LogP contribution in [0.4, 0.5) is 0 Å². The maximum absolute atomic E-state index is 9.68. The lowest BCUT2D eigenvalue weighted by molar-refractivity contribution is 0.464. The first-order valence-corrected chi connectivity index (χ1v) is 5.64. The quantitative estimate of drug-likeness (QED) is 0.844. The van der Waals surface area contributed by atoms with Crippen molar-refractivity contribution >= 4 is 0 Å². The minimum atomic E-state index is 0.342. The molecule has 0 aliphatic carbocycles. The van der Waals surface area contributed by atoms with E-state index in [1.807, 2.05) is 37.4 Å². The number of aryl methyl sites for hydroxylation is 1. The summed E-state index contributed by atoms with van der Waals surface area (Å²) in [5.74, 6) is 0.342. The van der Waals surface area contributed by atoms with Crippen LogP contribution in [0, 0.1) is 6.92 Å². The van der Waals surface area contributed by atoms with Crippen LogP contribution >= 0.6 is 0 Å². The second-order valence-electron chi connectivity index (χ2n) is 4.10. The van der Waals surface area contributed by atoms with Crippen molar-refractivity contribution in [1.29, 1.82) is 0 Å². The molecule has 2 aromatic rings. The molecule has 1 heterocycles. The van der Waals surface area contributed by atoms with E-state index in [4.69, 9.17) is 0 Å². The molecule has 3 nitrogen and oxygen atoms in total. The largest absolute Gasteiger partial charge is 0.508 e. The summed E-state index contributed by atoms with van der Waals surface area (Å²) in [5.41, 5.74) is 3.22. The molecule has 0 radical (unpaired) electrons. The molecule has 0 saturated carbocycles. The average molecular weight is 228 g/mol. The Morgan fingerprint density at radius 1 is 1.24 bits per heavy atom. The summed E-state index contributed by atoms with van der Waals surface area (Å²) in [4.78, 5) is 4.05. The fourth-order valence-electron chi connectivity index (χ4n) is 1.70. The van der Waals surface area contributed by atoms with Gasteiger partial charge < -0.3 is 10.4 Å². The van der Waals surface area contributed by atoms with Gasteiger partial charge in [-0.3, -0.25) is 4.98 Å². The predicted molar refractivity (Wildman–Crippen MR) is 67.6 cm³/mol. The van der Waals surface area contributed by atoms with E-state index in [1.54, 1.807) is 12.3 Å². The number of aromatic nitrogens is 1. The molecule has 0 saturated heterocycles. The van der Waals surface area contributed by atoms with Crippen LogP contribution in [0.2, 0.25) is 0 Å². The van der Waals surface area contributed by atoms with Crippen LogP contribution in [0.5, 0.6) is 5.75 Å². The Labute approximate surface area is 101 Å². The monoisotopic (exact) mass is 228 g/mol. The van der Waals surface area contributed by atoms with E-state index in [9.17, 15) is 5.11 Å². The van der Waals surface area contributed by atoms with E-state index < -0.39 is 0 Å². The van der Waals surface area contributed by atoms with Gasteiger partial charge in [0.2, 0.25) is 0 Å². The first kappa shape index (κ1) is 11.6. The van der Waals surface area contributed by atoms with Crippen LogP contribution in [0.3, 0.4) is 0 Å². The third-order valence-corrected chi connectivity index (χ3v) is 2.60. The van der Waals surface area contributed by atoms with Crippen LogP contribution in [0.15, 0.2) is 42.7 Å². The highest BCUT2D eigenvalue weighted by Crippen LogP contribution is 2.17. The van der Waals surface area contributed by atoms with Gasteiger partial charge in [-0.25, -0.2) is 0 Å². The van der Waals surface area contributed by atoms with Crippen molar-refractivity contribution in [2.24, 2.45) is 0 Å². The minimum Gasteiger partial charge on any atom is -0.508 e. The Bertz CT molecular complexity index is 483. The molecule has 0 spiro atoms. The maximum atomic E-state index is 9.68. The topological polar surface area (TPSA) is 45.1 Å². The summed E-state index contributed by atoms with van der Waals surface area (Å²) in [6.45, 7) is 3.42. The second-order valence-corrected chi connectivity index (χ2v) is 4.10. The van der Waals surface area contributed by atoms with E-state index in [1.165, 1.54) is 0 Å². The van der Waals surface area contributed by atoms with E-state index in [-0.39, 0.29) is 0 Å². The normalized spacial score (nSPS) is 10.4. The van der Waals surface area contributed by atoms with Gasteiger partial charge in [0.05, 0.1) is 0 Å². The molecule has 3 heteroatoms. The standard InChI is InChI=1S/C14H16N2O/c1-11-4-5-14(17)13(7-11)10-16-9-12-3-2-6-15-8-12/h2-8,16-17H,9-10H2,1H3. The smallest absolute Gasteiger partial charge is 0.120 e. The van der Waals surface area contributed by atoms with Crippen molar-refractivity contribution in [3.63, 3.8) is 0 Å². The third kappa shape index (κ3) is 3.29. The molecule has 0 aliphatic heterocycles. The number of phenols is 1. The summed E-state index contributed by atoms with van der Waals surface area (Å²) in [6.07, 6.45) is 3.60. The number of phenolic OH excluding ortho intramolecular Hbond substituents is 1. The van der Waals surface area contributed by atoms with Gasteiger partial charge in [-0.05, 0) is 24.6 Å². The molecule has 0 unspecified atom stereocenters. The van der Waals surface area contributed by atoms with E-state index in [2.05, 4.69) is 10.3 Å². The van der Waals surface area contributed by atoms with Crippen molar-refractivity contribution in [2.75, 3.05) is 0 Å². The molecule has 0 atom stereocenters. The number of hydrogen-bond acceptors (Lipinski definition) is 3. The fourth-order valence-corrected chi connectivity index (χ4v) is 1.70. The number of aromatic hydroxyl groups is 1. The summed E-state index contributed by atoms with van der Waals surface area (Å²) >= 11 is 0.